The van der Waals surface area contributed by atoms with Gasteiger partial charge in [0, 0.05) is 0 Å². The number of anilines is 2. The number of carbonyl (C=O) groups is 2. The maximum absolute atomic E-state index is 13.6. The first-order chi connectivity index (χ1) is 15.4. The summed E-state index contributed by atoms with van der Waals surface area (Å²) >= 11 is 0. The lowest BCUT2D eigenvalue weighted by atomic mass is 10.0. The smallest absolute Gasteiger partial charge is 0.282 e. The first kappa shape index (κ1) is 21.4. The van der Waals surface area contributed by atoms with Gasteiger partial charge in [0.05, 0.1) is 23.6 Å². The molecule has 0 saturated carbocycles. The number of nitrogens with zero attached hydrogens (tertiary/aromatic N) is 1. The molecule has 1 aliphatic heterocycles. The molecule has 0 bridgehead atoms. The molecular weight excluding hydrogens is 400 g/mol. The van der Waals surface area contributed by atoms with Crippen LogP contribution < -0.4 is 15.0 Å². The maximum Gasteiger partial charge on any atom is 0.282 e. The summed E-state index contributed by atoms with van der Waals surface area (Å²) in [5.41, 5.74) is 5.53. The van der Waals surface area contributed by atoms with Crippen molar-refractivity contribution in [3.63, 3.8) is 0 Å². The topological polar surface area (TPSA) is 58.6 Å². The van der Waals surface area contributed by atoms with Crippen LogP contribution in [0.25, 0.3) is 5.57 Å². The van der Waals surface area contributed by atoms with Gasteiger partial charge in [0.25, 0.3) is 11.8 Å². The number of para-hydroxylation sites is 2. The molecule has 1 N–H and O–H groups in total. The molecule has 0 unspecified atom stereocenters. The minimum Gasteiger partial charge on any atom is -0.492 e. The fourth-order valence-electron chi connectivity index (χ4n) is 3.93. The van der Waals surface area contributed by atoms with E-state index in [2.05, 4.69) is 5.32 Å². The van der Waals surface area contributed by atoms with Gasteiger partial charge >= 0.3 is 0 Å². The van der Waals surface area contributed by atoms with Gasteiger partial charge in [-0.3, -0.25) is 9.59 Å². The quantitative estimate of drug-likeness (QED) is 0.536. The Bertz CT molecular complexity index is 1210. The van der Waals surface area contributed by atoms with Crippen LogP contribution in [0.3, 0.4) is 0 Å². The number of nitrogens with one attached hydrogen (secondary N) is 1. The van der Waals surface area contributed by atoms with Crippen molar-refractivity contribution in [3.05, 3.63) is 94.7 Å². The number of hydrogen-bond acceptors (Lipinski definition) is 4. The van der Waals surface area contributed by atoms with Gasteiger partial charge < -0.3 is 10.1 Å². The average Bonchev–Trinajstić information content (AvgIpc) is 2.99. The molecule has 5 heteroatoms. The third kappa shape index (κ3) is 4.02. The normalized spacial score (nSPS) is 13.7. The van der Waals surface area contributed by atoms with Gasteiger partial charge in [0.1, 0.15) is 11.4 Å². The molecule has 0 aliphatic carbocycles. The third-order valence-electron chi connectivity index (χ3n) is 5.34. The van der Waals surface area contributed by atoms with Gasteiger partial charge in [-0.05, 0) is 68.7 Å². The second kappa shape index (κ2) is 8.71. The molecule has 0 fully saturated rings. The Morgan fingerprint density at radius 3 is 2.12 bits per heavy atom. The number of aryl methyl sites for hydroxylation is 3. The predicted octanol–water partition coefficient (Wildman–Crippen LogP) is 5.41. The van der Waals surface area contributed by atoms with E-state index in [1.807, 2.05) is 94.4 Å². The lowest BCUT2D eigenvalue weighted by Gasteiger charge is -2.17. The van der Waals surface area contributed by atoms with E-state index < -0.39 is 0 Å². The summed E-state index contributed by atoms with van der Waals surface area (Å²) < 4.78 is 5.71. The minimum atomic E-state index is -0.387. The van der Waals surface area contributed by atoms with Gasteiger partial charge in [0.2, 0.25) is 0 Å². The summed E-state index contributed by atoms with van der Waals surface area (Å²) in [7, 11) is 0. The molecular formula is C27H26N2O3. The van der Waals surface area contributed by atoms with Crippen LogP contribution in [0.4, 0.5) is 11.4 Å². The molecule has 1 aliphatic rings. The molecule has 3 aromatic carbocycles. The van der Waals surface area contributed by atoms with Gasteiger partial charge in [-0.25, -0.2) is 4.90 Å². The van der Waals surface area contributed by atoms with E-state index in [4.69, 9.17) is 4.74 Å². The number of hydrogen-bond donors (Lipinski definition) is 1. The summed E-state index contributed by atoms with van der Waals surface area (Å²) in [5.74, 6) is -0.113. The summed E-state index contributed by atoms with van der Waals surface area (Å²) in [6.07, 6.45) is 0. The van der Waals surface area contributed by atoms with E-state index in [1.165, 1.54) is 4.90 Å². The third-order valence-corrected chi connectivity index (χ3v) is 5.34. The van der Waals surface area contributed by atoms with E-state index in [0.717, 1.165) is 16.7 Å². The van der Waals surface area contributed by atoms with Crippen molar-refractivity contribution in [2.24, 2.45) is 0 Å². The molecule has 5 nitrogen and oxygen atoms in total. The number of imide groups is 1. The Kier molecular flexibility index (Phi) is 5.82. The molecule has 162 valence electrons. The van der Waals surface area contributed by atoms with E-state index in [0.29, 0.717) is 34.9 Å². The van der Waals surface area contributed by atoms with Gasteiger partial charge in [0.15, 0.2) is 0 Å². The van der Waals surface area contributed by atoms with Crippen LogP contribution in [0.1, 0.15) is 29.2 Å². The molecule has 32 heavy (non-hydrogen) atoms. The highest BCUT2D eigenvalue weighted by Crippen LogP contribution is 2.36. The summed E-state index contributed by atoms with van der Waals surface area (Å²) in [4.78, 5) is 28.5. The highest BCUT2D eigenvalue weighted by Gasteiger charge is 2.40. The van der Waals surface area contributed by atoms with Crippen LogP contribution >= 0.6 is 0 Å². The summed E-state index contributed by atoms with van der Waals surface area (Å²) in [6, 6.07) is 20.7. The summed E-state index contributed by atoms with van der Waals surface area (Å²) in [6.45, 7) is 8.28. The number of ether oxygens (including phenoxy) is 1. The zero-order valence-electron chi connectivity index (χ0n) is 18.7. The zero-order chi connectivity index (χ0) is 22.8. The van der Waals surface area contributed by atoms with Crippen molar-refractivity contribution >= 4 is 28.8 Å². The molecule has 0 saturated heterocycles. The van der Waals surface area contributed by atoms with Crippen molar-refractivity contribution in [2.75, 3.05) is 16.8 Å². The maximum atomic E-state index is 13.6. The van der Waals surface area contributed by atoms with Crippen LogP contribution in [0, 0.1) is 20.8 Å². The van der Waals surface area contributed by atoms with E-state index in [-0.39, 0.29) is 17.5 Å². The van der Waals surface area contributed by atoms with E-state index in [9.17, 15) is 9.59 Å². The second-order valence-corrected chi connectivity index (χ2v) is 7.96. The lowest BCUT2D eigenvalue weighted by Crippen LogP contribution is -2.32. The molecule has 3 aromatic rings. The van der Waals surface area contributed by atoms with E-state index >= 15 is 0 Å². The first-order valence-corrected chi connectivity index (χ1v) is 10.7. The van der Waals surface area contributed by atoms with Crippen LogP contribution in [0.2, 0.25) is 0 Å². The second-order valence-electron chi connectivity index (χ2n) is 7.96. The molecule has 0 radical (unpaired) electrons. The number of rotatable bonds is 6. The lowest BCUT2D eigenvalue weighted by molar-refractivity contribution is -0.120. The Balaban J connectivity index is 1.84. The SMILES string of the molecule is CCOc1ccccc1NC1=C(c2ccc(C)cc2)C(=O)N(c2cc(C)cc(C)c2)C1=O. The average molecular weight is 427 g/mol. The van der Waals surface area contributed by atoms with Crippen molar-refractivity contribution in [1.82, 2.24) is 0 Å². The number of carbonyl (C=O) groups excluding carboxylic acids is 2. The van der Waals surface area contributed by atoms with Gasteiger partial charge in [-0.15, -0.1) is 0 Å². The molecule has 1 heterocycles. The monoisotopic (exact) mass is 426 g/mol. The Morgan fingerprint density at radius 1 is 0.812 bits per heavy atom. The fraction of sp³-hybridized carbons (Fsp3) is 0.185. The Morgan fingerprint density at radius 2 is 1.47 bits per heavy atom. The molecule has 0 spiro atoms. The predicted molar refractivity (Wildman–Crippen MR) is 128 cm³/mol. The van der Waals surface area contributed by atoms with Gasteiger partial charge in [-0.2, -0.15) is 0 Å². The van der Waals surface area contributed by atoms with Crippen molar-refractivity contribution in [3.8, 4) is 5.75 Å². The van der Waals surface area contributed by atoms with Crippen LogP contribution in [0.5, 0.6) is 5.75 Å². The van der Waals surface area contributed by atoms with Crippen LogP contribution in [-0.2, 0) is 9.59 Å². The highest BCUT2D eigenvalue weighted by atomic mass is 16.5. The minimum absolute atomic E-state index is 0.241. The zero-order valence-corrected chi connectivity index (χ0v) is 18.7. The Hall–Kier alpha value is -3.86. The number of benzene rings is 3. The van der Waals surface area contributed by atoms with Crippen molar-refractivity contribution in [1.29, 1.82) is 0 Å². The van der Waals surface area contributed by atoms with Crippen LogP contribution in [0.15, 0.2) is 72.4 Å². The standard InChI is InChI=1S/C27H26N2O3/c1-5-32-23-9-7-6-8-22(23)28-25-24(20-12-10-17(2)11-13-20)26(30)29(27(25)31)21-15-18(3)14-19(4)16-21/h6-16,28H,5H2,1-4H3. The summed E-state index contributed by atoms with van der Waals surface area (Å²) in [5, 5.41) is 3.21. The largest absolute Gasteiger partial charge is 0.492 e. The molecule has 0 aromatic heterocycles. The molecule has 0 atom stereocenters. The van der Waals surface area contributed by atoms with E-state index in [1.54, 1.807) is 0 Å². The van der Waals surface area contributed by atoms with Crippen LogP contribution in [-0.4, -0.2) is 18.4 Å². The van der Waals surface area contributed by atoms with Crippen molar-refractivity contribution in [2.45, 2.75) is 27.7 Å². The number of amides is 2. The first-order valence-electron chi connectivity index (χ1n) is 10.7. The van der Waals surface area contributed by atoms with Crippen molar-refractivity contribution < 1.29 is 14.3 Å². The highest BCUT2D eigenvalue weighted by molar-refractivity contribution is 6.46. The van der Waals surface area contributed by atoms with Gasteiger partial charge in [-0.1, -0.05) is 48.0 Å². The Labute approximate surface area is 188 Å². The fourth-order valence-corrected chi connectivity index (χ4v) is 3.93. The molecule has 4 rings (SSSR count). The molecule has 2 amide bonds.